The van der Waals surface area contributed by atoms with Crippen molar-refractivity contribution >= 4 is 11.9 Å². The average molecular weight is 374 g/mol. The minimum Gasteiger partial charge on any atom is -0.479 e. The van der Waals surface area contributed by atoms with E-state index in [0.717, 1.165) is 6.67 Å². The van der Waals surface area contributed by atoms with Gasteiger partial charge in [0.15, 0.2) is 12.2 Å². The molecule has 1 heterocycles. The molecule has 0 aliphatic carbocycles. The van der Waals surface area contributed by atoms with Crippen LogP contribution in [0, 0.1) is 0 Å². The van der Waals surface area contributed by atoms with Gasteiger partial charge in [-0.25, -0.2) is 9.59 Å². The van der Waals surface area contributed by atoms with Gasteiger partial charge in [-0.1, -0.05) is 51.9 Å². The lowest BCUT2D eigenvalue weighted by atomic mass is 10.1. The molecule has 0 unspecified atom stereocenters. The molecule has 2 atom stereocenters. The summed E-state index contributed by atoms with van der Waals surface area (Å²) in [5, 5.41) is 32.5. The molecule has 1 aliphatic heterocycles. The van der Waals surface area contributed by atoms with Crippen molar-refractivity contribution in [1.82, 2.24) is 9.80 Å². The van der Waals surface area contributed by atoms with E-state index in [2.05, 4.69) is 36.2 Å². The van der Waals surface area contributed by atoms with Crippen molar-refractivity contribution in [2.45, 2.75) is 70.5 Å². The van der Waals surface area contributed by atoms with Crippen LogP contribution in [0.25, 0.3) is 0 Å². The average Bonchev–Trinajstić information content (AvgIpc) is 3.01. The van der Waals surface area contributed by atoms with Crippen LogP contribution in [0.3, 0.4) is 0 Å². The number of aliphatic hydroxyl groups excluding tert-OH is 2. The molecule has 0 bridgehead atoms. The number of carbonyl (C=O) groups is 2. The molecule has 0 amide bonds. The number of rotatable bonds is 12. The second kappa shape index (κ2) is 14.4. The third-order valence-corrected chi connectivity index (χ3v) is 4.04. The van der Waals surface area contributed by atoms with E-state index in [-0.39, 0.29) is 0 Å². The van der Waals surface area contributed by atoms with E-state index < -0.39 is 24.1 Å². The van der Waals surface area contributed by atoms with Crippen molar-refractivity contribution in [3.05, 3.63) is 12.4 Å². The van der Waals surface area contributed by atoms with E-state index in [0.29, 0.717) is 0 Å². The lowest BCUT2D eigenvalue weighted by Gasteiger charge is -2.17. The van der Waals surface area contributed by atoms with Crippen LogP contribution < -0.4 is 0 Å². The molecule has 0 radical (unpaired) electrons. The predicted octanol–water partition coefficient (Wildman–Crippen LogP) is 1.68. The minimum atomic E-state index is -2.27. The molecular weight excluding hydrogens is 340 g/mol. The number of unbranched alkanes of at least 4 members (excludes halogenated alkanes) is 7. The number of aliphatic hydroxyl groups is 2. The highest BCUT2D eigenvalue weighted by Crippen LogP contribution is 2.10. The summed E-state index contributed by atoms with van der Waals surface area (Å²) in [4.78, 5) is 24.2. The highest BCUT2D eigenvalue weighted by molar-refractivity contribution is 5.83. The zero-order valence-electron chi connectivity index (χ0n) is 15.9. The SMILES string of the molecule is CCCCCCCCCCN1C=CN(C)C1.O=C(O)[C@H](O)[C@@H](O)C(=O)O. The fraction of sp³-hybridized carbons (Fsp3) is 0.778. The highest BCUT2D eigenvalue weighted by Gasteiger charge is 2.29. The Labute approximate surface area is 155 Å². The number of aliphatic carboxylic acids is 2. The number of carboxylic acids is 2. The Balaban J connectivity index is 0.000000541. The molecule has 0 aromatic rings. The van der Waals surface area contributed by atoms with Crippen LogP contribution in [0.4, 0.5) is 0 Å². The summed E-state index contributed by atoms with van der Waals surface area (Å²) in [6, 6.07) is 0. The summed E-state index contributed by atoms with van der Waals surface area (Å²) < 4.78 is 0. The maximum atomic E-state index is 9.77. The minimum absolute atomic E-state index is 1.08. The van der Waals surface area contributed by atoms with E-state index >= 15 is 0 Å². The molecule has 0 saturated heterocycles. The van der Waals surface area contributed by atoms with Crippen LogP contribution in [0.2, 0.25) is 0 Å². The Morgan fingerprint density at radius 1 is 0.885 bits per heavy atom. The van der Waals surface area contributed by atoms with Crippen LogP contribution >= 0.6 is 0 Å². The molecule has 8 heteroatoms. The van der Waals surface area contributed by atoms with Crippen molar-refractivity contribution in [2.24, 2.45) is 0 Å². The van der Waals surface area contributed by atoms with Gasteiger partial charge in [0, 0.05) is 26.0 Å². The Bertz CT molecular complexity index is 412. The fourth-order valence-corrected chi connectivity index (χ4v) is 2.45. The number of hydrogen-bond acceptors (Lipinski definition) is 6. The standard InChI is InChI=1S/C14H28N2.C4H6O6/c1-3-4-5-6-7-8-9-10-11-16-13-12-15(2)14-16;5-1(3(7)8)2(6)4(9)10/h12-13H,3-11,14H2,1-2H3;1-2,5-6H,(H,7,8)(H,9,10)/t;1-,2-/m.1/s1. The molecule has 0 spiro atoms. The van der Waals surface area contributed by atoms with Crippen molar-refractivity contribution in [3.8, 4) is 0 Å². The first kappa shape index (κ1) is 24.2. The molecule has 1 rings (SSSR count). The Morgan fingerprint density at radius 2 is 1.35 bits per heavy atom. The van der Waals surface area contributed by atoms with Crippen molar-refractivity contribution in [3.63, 3.8) is 0 Å². The first-order chi connectivity index (χ1) is 12.3. The van der Waals surface area contributed by atoms with Gasteiger partial charge in [0.2, 0.25) is 0 Å². The summed E-state index contributed by atoms with van der Waals surface area (Å²) in [6.07, 6.45) is 11.1. The molecule has 8 nitrogen and oxygen atoms in total. The molecule has 0 fully saturated rings. The summed E-state index contributed by atoms with van der Waals surface area (Å²) in [5.74, 6) is -3.54. The lowest BCUT2D eigenvalue weighted by Crippen LogP contribution is -2.39. The smallest absolute Gasteiger partial charge is 0.335 e. The zero-order valence-corrected chi connectivity index (χ0v) is 15.9. The lowest BCUT2D eigenvalue weighted by molar-refractivity contribution is -0.165. The van der Waals surface area contributed by atoms with Gasteiger partial charge in [0.05, 0.1) is 6.67 Å². The van der Waals surface area contributed by atoms with Crippen LogP contribution in [0.1, 0.15) is 58.3 Å². The first-order valence-corrected chi connectivity index (χ1v) is 9.24. The van der Waals surface area contributed by atoms with Gasteiger partial charge >= 0.3 is 11.9 Å². The monoisotopic (exact) mass is 374 g/mol. The zero-order chi connectivity index (χ0) is 19.9. The van der Waals surface area contributed by atoms with Crippen molar-refractivity contribution < 1.29 is 30.0 Å². The molecule has 152 valence electrons. The van der Waals surface area contributed by atoms with Gasteiger partial charge in [-0.2, -0.15) is 0 Å². The summed E-state index contributed by atoms with van der Waals surface area (Å²) in [6.45, 7) is 4.59. The predicted molar refractivity (Wildman–Crippen MR) is 98.4 cm³/mol. The number of hydrogen-bond donors (Lipinski definition) is 4. The normalized spacial score (nSPS) is 15.4. The largest absolute Gasteiger partial charge is 0.479 e. The summed E-state index contributed by atoms with van der Waals surface area (Å²) >= 11 is 0. The molecule has 0 saturated carbocycles. The van der Waals surface area contributed by atoms with E-state index in [4.69, 9.17) is 20.4 Å². The molecule has 4 N–H and O–H groups in total. The van der Waals surface area contributed by atoms with Gasteiger partial charge in [-0.3, -0.25) is 0 Å². The highest BCUT2D eigenvalue weighted by atomic mass is 16.4. The number of carboxylic acid groups (broad SMARTS) is 2. The van der Waals surface area contributed by atoms with Crippen LogP contribution in [-0.2, 0) is 9.59 Å². The molecule has 0 aromatic heterocycles. The Kier molecular flexibility index (Phi) is 13.4. The second-order valence-electron chi connectivity index (χ2n) is 6.55. The third-order valence-electron chi connectivity index (χ3n) is 4.04. The molecule has 0 aromatic carbocycles. The van der Waals surface area contributed by atoms with Crippen LogP contribution in [0.5, 0.6) is 0 Å². The van der Waals surface area contributed by atoms with E-state index in [9.17, 15) is 9.59 Å². The quantitative estimate of drug-likeness (QED) is 0.381. The van der Waals surface area contributed by atoms with E-state index in [1.807, 2.05) is 0 Å². The molecule has 1 aliphatic rings. The maximum Gasteiger partial charge on any atom is 0.335 e. The second-order valence-corrected chi connectivity index (χ2v) is 6.55. The first-order valence-electron chi connectivity index (χ1n) is 9.24. The van der Waals surface area contributed by atoms with Gasteiger partial charge in [0.25, 0.3) is 0 Å². The number of nitrogens with zero attached hydrogens (tertiary/aromatic N) is 2. The maximum absolute atomic E-state index is 9.77. The fourth-order valence-electron chi connectivity index (χ4n) is 2.45. The Hall–Kier alpha value is -1.80. The molecular formula is C18H34N2O6. The van der Waals surface area contributed by atoms with Gasteiger partial charge in [-0.15, -0.1) is 0 Å². The van der Waals surface area contributed by atoms with Gasteiger partial charge in [-0.05, 0) is 6.42 Å². The van der Waals surface area contributed by atoms with Crippen molar-refractivity contribution in [1.29, 1.82) is 0 Å². The van der Waals surface area contributed by atoms with Crippen LogP contribution in [0.15, 0.2) is 12.4 Å². The topological polar surface area (TPSA) is 122 Å². The third kappa shape index (κ3) is 11.7. The molecule has 26 heavy (non-hydrogen) atoms. The van der Waals surface area contributed by atoms with Crippen LogP contribution in [-0.4, -0.2) is 74.6 Å². The van der Waals surface area contributed by atoms with Gasteiger partial charge in [0.1, 0.15) is 0 Å². The van der Waals surface area contributed by atoms with E-state index in [1.165, 1.54) is 57.9 Å². The Morgan fingerprint density at radius 3 is 1.73 bits per heavy atom. The van der Waals surface area contributed by atoms with E-state index in [1.54, 1.807) is 0 Å². The van der Waals surface area contributed by atoms with Gasteiger partial charge < -0.3 is 30.2 Å². The summed E-state index contributed by atoms with van der Waals surface area (Å²) in [5.41, 5.74) is 0. The van der Waals surface area contributed by atoms with Crippen molar-refractivity contribution in [2.75, 3.05) is 20.3 Å². The summed E-state index contributed by atoms with van der Waals surface area (Å²) in [7, 11) is 2.13.